The zero-order chi connectivity index (χ0) is 9.64. The van der Waals surface area contributed by atoms with Gasteiger partial charge in [0.15, 0.2) is 0 Å². The molecule has 0 unspecified atom stereocenters. The topological polar surface area (TPSA) is 47.0 Å². The second-order valence-electron chi connectivity index (χ2n) is 3.45. The lowest BCUT2D eigenvalue weighted by Crippen LogP contribution is -2.15. The summed E-state index contributed by atoms with van der Waals surface area (Å²) in [4.78, 5) is 0. The lowest BCUT2D eigenvalue weighted by atomic mass is 10.3. The minimum absolute atomic E-state index is 0.506. The van der Waals surface area contributed by atoms with Crippen LogP contribution >= 0.6 is 11.3 Å². The van der Waals surface area contributed by atoms with Crippen molar-refractivity contribution in [3.05, 3.63) is 5.51 Å². The number of ether oxygens (including phenoxy) is 1. The number of hydrogen-bond donors (Lipinski definition) is 1. The Morgan fingerprint density at radius 1 is 1.50 bits per heavy atom. The SMILES string of the molecule is c1nnc(NCCOC2CCCC2)s1. The summed E-state index contributed by atoms with van der Waals surface area (Å²) < 4.78 is 5.70. The van der Waals surface area contributed by atoms with Crippen LogP contribution in [0, 0.1) is 0 Å². The Hall–Kier alpha value is -0.680. The molecule has 1 heterocycles. The van der Waals surface area contributed by atoms with E-state index in [1.54, 1.807) is 5.51 Å². The maximum absolute atomic E-state index is 5.70. The van der Waals surface area contributed by atoms with Crippen LogP contribution in [0.4, 0.5) is 5.13 Å². The van der Waals surface area contributed by atoms with Crippen LogP contribution in [0.3, 0.4) is 0 Å². The van der Waals surface area contributed by atoms with Gasteiger partial charge < -0.3 is 10.1 Å². The third-order valence-corrected chi connectivity index (χ3v) is 3.04. The summed E-state index contributed by atoms with van der Waals surface area (Å²) in [6, 6.07) is 0. The van der Waals surface area contributed by atoms with Gasteiger partial charge >= 0.3 is 0 Å². The van der Waals surface area contributed by atoms with E-state index in [2.05, 4.69) is 15.5 Å². The largest absolute Gasteiger partial charge is 0.376 e. The maximum Gasteiger partial charge on any atom is 0.205 e. The number of anilines is 1. The number of nitrogens with zero attached hydrogens (tertiary/aromatic N) is 2. The molecule has 0 spiro atoms. The molecular formula is C9H15N3OS. The lowest BCUT2D eigenvalue weighted by molar-refractivity contribution is 0.0659. The van der Waals surface area contributed by atoms with E-state index in [1.807, 2.05) is 0 Å². The Morgan fingerprint density at radius 2 is 2.36 bits per heavy atom. The molecule has 0 bridgehead atoms. The number of hydrogen-bond acceptors (Lipinski definition) is 5. The van der Waals surface area contributed by atoms with Gasteiger partial charge in [0, 0.05) is 6.54 Å². The summed E-state index contributed by atoms with van der Waals surface area (Å²) in [7, 11) is 0. The zero-order valence-corrected chi connectivity index (χ0v) is 8.92. The molecule has 0 aromatic carbocycles. The minimum atomic E-state index is 0.506. The molecule has 1 fully saturated rings. The molecular weight excluding hydrogens is 198 g/mol. The lowest BCUT2D eigenvalue weighted by Gasteiger charge is -2.10. The highest BCUT2D eigenvalue weighted by atomic mass is 32.1. The summed E-state index contributed by atoms with van der Waals surface area (Å²) in [6.45, 7) is 1.59. The Morgan fingerprint density at radius 3 is 3.07 bits per heavy atom. The van der Waals surface area contributed by atoms with Gasteiger partial charge in [-0.2, -0.15) is 0 Å². The molecule has 14 heavy (non-hydrogen) atoms. The Bertz CT molecular complexity index is 247. The molecule has 5 heteroatoms. The second kappa shape index (κ2) is 5.26. The van der Waals surface area contributed by atoms with Crippen LogP contribution in [-0.4, -0.2) is 29.5 Å². The molecule has 2 rings (SSSR count). The van der Waals surface area contributed by atoms with Gasteiger partial charge in [0.2, 0.25) is 5.13 Å². The van der Waals surface area contributed by atoms with E-state index in [4.69, 9.17) is 4.74 Å². The summed E-state index contributed by atoms with van der Waals surface area (Å²) in [5, 5.41) is 11.7. The Labute approximate surface area is 87.7 Å². The van der Waals surface area contributed by atoms with Crippen LogP contribution in [-0.2, 0) is 4.74 Å². The van der Waals surface area contributed by atoms with Crippen LogP contribution in [0.2, 0.25) is 0 Å². The highest BCUT2D eigenvalue weighted by molar-refractivity contribution is 7.13. The average Bonchev–Trinajstić information content (AvgIpc) is 2.86. The van der Waals surface area contributed by atoms with E-state index in [1.165, 1.54) is 37.0 Å². The number of rotatable bonds is 5. The first-order valence-corrected chi connectivity index (χ1v) is 5.95. The normalized spacial score (nSPS) is 17.4. The van der Waals surface area contributed by atoms with Gasteiger partial charge in [0.1, 0.15) is 5.51 Å². The summed E-state index contributed by atoms with van der Waals surface area (Å²) in [5.74, 6) is 0. The quantitative estimate of drug-likeness (QED) is 0.759. The highest BCUT2D eigenvalue weighted by Crippen LogP contribution is 2.20. The van der Waals surface area contributed by atoms with Crippen molar-refractivity contribution >= 4 is 16.5 Å². The molecule has 0 amide bonds. The van der Waals surface area contributed by atoms with Crippen LogP contribution in [0.5, 0.6) is 0 Å². The summed E-state index contributed by atoms with van der Waals surface area (Å²) in [6.07, 6.45) is 5.63. The van der Waals surface area contributed by atoms with Crippen molar-refractivity contribution in [1.82, 2.24) is 10.2 Å². The van der Waals surface area contributed by atoms with Crippen molar-refractivity contribution in [3.63, 3.8) is 0 Å². The molecule has 1 aliphatic rings. The van der Waals surface area contributed by atoms with Crippen LogP contribution in [0.1, 0.15) is 25.7 Å². The fourth-order valence-corrected chi connectivity index (χ4v) is 2.16. The zero-order valence-electron chi connectivity index (χ0n) is 8.11. The van der Waals surface area contributed by atoms with Gasteiger partial charge in [-0.05, 0) is 12.8 Å². The van der Waals surface area contributed by atoms with E-state index in [-0.39, 0.29) is 0 Å². The summed E-state index contributed by atoms with van der Waals surface area (Å²) >= 11 is 1.52. The van der Waals surface area contributed by atoms with Crippen molar-refractivity contribution < 1.29 is 4.74 Å². The minimum Gasteiger partial charge on any atom is -0.376 e. The van der Waals surface area contributed by atoms with Crippen molar-refractivity contribution in [2.24, 2.45) is 0 Å². The Balaban J connectivity index is 1.55. The van der Waals surface area contributed by atoms with E-state index >= 15 is 0 Å². The van der Waals surface area contributed by atoms with Crippen LogP contribution in [0.15, 0.2) is 5.51 Å². The first-order chi connectivity index (χ1) is 6.95. The molecule has 0 radical (unpaired) electrons. The number of nitrogens with one attached hydrogen (secondary N) is 1. The summed E-state index contributed by atoms with van der Waals surface area (Å²) in [5.41, 5.74) is 1.72. The highest BCUT2D eigenvalue weighted by Gasteiger charge is 2.14. The van der Waals surface area contributed by atoms with Gasteiger partial charge in [-0.1, -0.05) is 24.2 Å². The first-order valence-electron chi connectivity index (χ1n) is 5.07. The van der Waals surface area contributed by atoms with Crippen LogP contribution in [0.25, 0.3) is 0 Å². The standard InChI is InChI=1S/C9H15N3OS/c1-2-4-8(3-1)13-6-5-10-9-12-11-7-14-9/h7-8H,1-6H2,(H,10,12). The van der Waals surface area contributed by atoms with Gasteiger partial charge in [-0.15, -0.1) is 10.2 Å². The van der Waals surface area contributed by atoms with Gasteiger partial charge in [0.25, 0.3) is 0 Å². The maximum atomic E-state index is 5.70. The third kappa shape index (κ3) is 2.92. The van der Waals surface area contributed by atoms with Gasteiger partial charge in [0.05, 0.1) is 12.7 Å². The van der Waals surface area contributed by atoms with Gasteiger partial charge in [-0.25, -0.2) is 0 Å². The molecule has 1 aliphatic carbocycles. The fourth-order valence-electron chi connectivity index (χ4n) is 1.69. The van der Waals surface area contributed by atoms with Crippen molar-refractivity contribution in [1.29, 1.82) is 0 Å². The smallest absolute Gasteiger partial charge is 0.205 e. The molecule has 0 aliphatic heterocycles. The van der Waals surface area contributed by atoms with E-state index in [0.29, 0.717) is 6.10 Å². The van der Waals surface area contributed by atoms with Gasteiger partial charge in [-0.3, -0.25) is 0 Å². The van der Waals surface area contributed by atoms with E-state index in [0.717, 1.165) is 18.3 Å². The monoisotopic (exact) mass is 213 g/mol. The molecule has 1 N–H and O–H groups in total. The van der Waals surface area contributed by atoms with Crippen molar-refractivity contribution in [2.75, 3.05) is 18.5 Å². The molecule has 1 aromatic heterocycles. The van der Waals surface area contributed by atoms with E-state index < -0.39 is 0 Å². The van der Waals surface area contributed by atoms with Crippen molar-refractivity contribution in [2.45, 2.75) is 31.8 Å². The average molecular weight is 213 g/mol. The third-order valence-electron chi connectivity index (χ3n) is 2.39. The van der Waals surface area contributed by atoms with Crippen LogP contribution < -0.4 is 5.32 Å². The molecule has 4 nitrogen and oxygen atoms in total. The number of aromatic nitrogens is 2. The molecule has 78 valence electrons. The fraction of sp³-hybridized carbons (Fsp3) is 0.778. The predicted molar refractivity (Wildman–Crippen MR) is 56.6 cm³/mol. The van der Waals surface area contributed by atoms with Crippen molar-refractivity contribution in [3.8, 4) is 0 Å². The second-order valence-corrected chi connectivity index (χ2v) is 4.28. The molecule has 0 atom stereocenters. The predicted octanol–water partition coefficient (Wildman–Crippen LogP) is 1.91. The van der Waals surface area contributed by atoms with E-state index in [9.17, 15) is 0 Å². The Kier molecular flexibility index (Phi) is 3.71. The molecule has 1 aromatic rings. The first kappa shape index (κ1) is 9.86. The molecule has 1 saturated carbocycles. The molecule has 0 saturated heterocycles.